The number of phenols is 1. The van der Waals surface area contributed by atoms with Crippen LogP contribution in [0.3, 0.4) is 0 Å². The Balaban J connectivity index is 2.37. The fourth-order valence-electron chi connectivity index (χ4n) is 2.57. The van der Waals surface area contributed by atoms with Crippen molar-refractivity contribution in [3.8, 4) is 11.4 Å². The molecule has 106 valence electrons. The highest BCUT2D eigenvalue weighted by Gasteiger charge is 2.14. The van der Waals surface area contributed by atoms with E-state index in [-0.39, 0.29) is 5.75 Å². The van der Waals surface area contributed by atoms with Gasteiger partial charge < -0.3 is 14.9 Å². The Morgan fingerprint density at radius 1 is 1.14 bits per heavy atom. The van der Waals surface area contributed by atoms with Crippen LogP contribution in [0.4, 0.5) is 0 Å². The Morgan fingerprint density at radius 3 is 2.52 bits per heavy atom. The molecule has 2 aromatic carbocycles. The quantitative estimate of drug-likeness (QED) is 0.425. The third kappa shape index (κ3) is 2.23. The summed E-state index contributed by atoms with van der Waals surface area (Å²) in [6.45, 7) is 1.94. The van der Waals surface area contributed by atoms with E-state index in [0.717, 1.165) is 27.8 Å². The van der Waals surface area contributed by atoms with Crippen molar-refractivity contribution in [1.29, 1.82) is 0 Å². The van der Waals surface area contributed by atoms with E-state index >= 15 is 0 Å². The van der Waals surface area contributed by atoms with Gasteiger partial charge in [0.2, 0.25) is 0 Å². The van der Waals surface area contributed by atoms with Crippen molar-refractivity contribution in [2.75, 3.05) is 0 Å². The second-order valence-electron chi connectivity index (χ2n) is 4.76. The predicted molar refractivity (Wildman–Crippen MR) is 84.1 cm³/mol. The molecule has 0 aliphatic carbocycles. The van der Waals surface area contributed by atoms with Crippen molar-refractivity contribution < 1.29 is 10.3 Å². The molecule has 0 unspecified atom stereocenters. The summed E-state index contributed by atoms with van der Waals surface area (Å²) in [6.07, 6.45) is 1.41. The van der Waals surface area contributed by atoms with Gasteiger partial charge in [-0.25, -0.2) is 0 Å². The van der Waals surface area contributed by atoms with Gasteiger partial charge in [-0.15, -0.1) is 0 Å². The third-order valence-electron chi connectivity index (χ3n) is 3.51. The maximum absolute atomic E-state index is 9.43. The number of hydrogen-bond acceptors (Lipinski definition) is 3. The van der Waals surface area contributed by atoms with E-state index in [1.807, 2.05) is 41.8 Å². The van der Waals surface area contributed by atoms with E-state index in [2.05, 4.69) is 5.16 Å². The van der Waals surface area contributed by atoms with Gasteiger partial charge in [0.15, 0.2) is 0 Å². The lowest BCUT2D eigenvalue weighted by Crippen LogP contribution is -1.97. The van der Waals surface area contributed by atoms with Crippen LogP contribution in [0.2, 0.25) is 5.02 Å². The molecule has 1 heterocycles. The minimum atomic E-state index is 0.216. The molecule has 0 saturated carbocycles. The van der Waals surface area contributed by atoms with Gasteiger partial charge in [0.1, 0.15) is 5.75 Å². The Morgan fingerprint density at radius 2 is 1.86 bits per heavy atom. The predicted octanol–water partition coefficient (Wildman–Crippen LogP) is 4.11. The normalized spacial score (nSPS) is 11.5. The lowest BCUT2D eigenvalue weighted by Gasteiger charge is -2.08. The van der Waals surface area contributed by atoms with Crippen molar-refractivity contribution in [3.63, 3.8) is 0 Å². The summed E-state index contributed by atoms with van der Waals surface area (Å²) in [5.41, 5.74) is 3.60. The Kier molecular flexibility index (Phi) is 3.31. The molecular weight excluding hydrogens is 288 g/mol. The smallest absolute Gasteiger partial charge is 0.115 e. The van der Waals surface area contributed by atoms with Gasteiger partial charge in [-0.2, -0.15) is 0 Å². The molecule has 1 aromatic heterocycles. The van der Waals surface area contributed by atoms with Crippen LogP contribution >= 0.6 is 11.6 Å². The lowest BCUT2D eigenvalue weighted by molar-refractivity contribution is 0.322. The summed E-state index contributed by atoms with van der Waals surface area (Å²) >= 11 is 6.07. The second-order valence-corrected chi connectivity index (χ2v) is 5.19. The van der Waals surface area contributed by atoms with Crippen LogP contribution in [0.15, 0.2) is 47.6 Å². The Bertz CT molecular complexity index is 836. The summed E-state index contributed by atoms with van der Waals surface area (Å²) in [5, 5.41) is 23.0. The molecule has 4 nitrogen and oxygen atoms in total. The summed E-state index contributed by atoms with van der Waals surface area (Å²) < 4.78 is 2.03. The summed E-state index contributed by atoms with van der Waals surface area (Å²) in [6, 6.07) is 12.5. The van der Waals surface area contributed by atoms with Crippen LogP contribution in [-0.2, 0) is 0 Å². The van der Waals surface area contributed by atoms with Crippen LogP contribution in [0.25, 0.3) is 16.6 Å². The third-order valence-corrected chi connectivity index (χ3v) is 3.74. The Labute approximate surface area is 126 Å². The van der Waals surface area contributed by atoms with Gasteiger partial charge >= 0.3 is 0 Å². The van der Waals surface area contributed by atoms with Crippen molar-refractivity contribution in [3.05, 3.63) is 58.7 Å². The number of aromatic nitrogens is 1. The van der Waals surface area contributed by atoms with Crippen molar-refractivity contribution in [2.24, 2.45) is 5.16 Å². The number of hydrogen-bond donors (Lipinski definition) is 2. The van der Waals surface area contributed by atoms with Crippen LogP contribution in [-0.4, -0.2) is 21.1 Å². The van der Waals surface area contributed by atoms with Gasteiger partial charge in [0.25, 0.3) is 0 Å². The van der Waals surface area contributed by atoms with Gasteiger partial charge in [-0.3, -0.25) is 0 Å². The van der Waals surface area contributed by atoms with E-state index in [1.165, 1.54) is 6.21 Å². The van der Waals surface area contributed by atoms with Crippen molar-refractivity contribution in [2.45, 2.75) is 6.92 Å². The average Bonchev–Trinajstić information content (AvgIpc) is 2.73. The summed E-state index contributed by atoms with van der Waals surface area (Å²) in [5.74, 6) is 0.216. The number of oxime groups is 1. The van der Waals surface area contributed by atoms with E-state index < -0.39 is 0 Å². The van der Waals surface area contributed by atoms with E-state index in [4.69, 9.17) is 16.8 Å². The number of benzene rings is 2. The molecule has 3 rings (SSSR count). The maximum Gasteiger partial charge on any atom is 0.115 e. The fraction of sp³-hybridized carbons (Fsp3) is 0.0625. The highest BCUT2D eigenvalue weighted by molar-refractivity contribution is 6.31. The molecular formula is C16H13ClN2O2. The molecule has 21 heavy (non-hydrogen) atoms. The van der Waals surface area contributed by atoms with E-state index in [0.29, 0.717) is 5.02 Å². The monoisotopic (exact) mass is 300 g/mol. The van der Waals surface area contributed by atoms with Crippen molar-refractivity contribution in [1.82, 2.24) is 4.57 Å². The average molecular weight is 301 g/mol. The summed E-state index contributed by atoms with van der Waals surface area (Å²) in [4.78, 5) is 0. The molecule has 0 amide bonds. The summed E-state index contributed by atoms with van der Waals surface area (Å²) in [7, 11) is 0. The lowest BCUT2D eigenvalue weighted by atomic mass is 10.1. The van der Waals surface area contributed by atoms with E-state index in [1.54, 1.807) is 12.1 Å². The number of nitrogens with zero attached hydrogens (tertiary/aromatic N) is 2. The van der Waals surface area contributed by atoms with Gasteiger partial charge in [-0.05, 0) is 49.4 Å². The van der Waals surface area contributed by atoms with Gasteiger partial charge in [0, 0.05) is 27.4 Å². The highest BCUT2D eigenvalue weighted by atomic mass is 35.5. The zero-order valence-corrected chi connectivity index (χ0v) is 12.0. The van der Waals surface area contributed by atoms with Crippen LogP contribution < -0.4 is 0 Å². The number of phenolic OH excluding ortho intramolecular Hbond substituents is 1. The number of fused-ring (bicyclic) bond motifs is 1. The van der Waals surface area contributed by atoms with Gasteiger partial charge in [0.05, 0.1) is 11.7 Å². The Hall–Kier alpha value is -2.46. The first kappa shape index (κ1) is 13.5. The van der Waals surface area contributed by atoms with Crippen molar-refractivity contribution >= 4 is 28.7 Å². The zero-order chi connectivity index (χ0) is 15.0. The van der Waals surface area contributed by atoms with Crippen LogP contribution in [0.5, 0.6) is 5.75 Å². The molecule has 0 spiro atoms. The minimum absolute atomic E-state index is 0.216. The molecule has 3 aromatic rings. The number of halogens is 1. The maximum atomic E-state index is 9.43. The topological polar surface area (TPSA) is 57.8 Å². The second kappa shape index (κ2) is 5.14. The molecule has 0 aliphatic rings. The number of aromatic hydroxyl groups is 1. The minimum Gasteiger partial charge on any atom is -0.508 e. The molecule has 2 N–H and O–H groups in total. The van der Waals surface area contributed by atoms with Crippen LogP contribution in [0.1, 0.15) is 11.3 Å². The van der Waals surface area contributed by atoms with E-state index in [9.17, 15) is 5.11 Å². The number of rotatable bonds is 2. The molecule has 0 fully saturated rings. The first-order valence-corrected chi connectivity index (χ1v) is 6.77. The SMILES string of the molecule is Cc1c(C=NO)c2cc(Cl)ccc2n1-c1ccc(O)cc1. The fourth-order valence-corrected chi connectivity index (χ4v) is 2.74. The zero-order valence-electron chi connectivity index (χ0n) is 11.3. The highest BCUT2D eigenvalue weighted by Crippen LogP contribution is 2.30. The molecule has 0 aliphatic heterocycles. The molecule has 0 bridgehead atoms. The largest absolute Gasteiger partial charge is 0.508 e. The first-order chi connectivity index (χ1) is 10.1. The molecule has 0 radical (unpaired) electrons. The standard InChI is InChI=1S/C16H13ClN2O2/c1-10-15(9-18-21)14-8-11(17)2-7-16(14)19(10)12-3-5-13(20)6-4-12/h2-9,20-21H,1H3. The molecule has 0 atom stereocenters. The first-order valence-electron chi connectivity index (χ1n) is 6.39. The molecule has 5 heteroatoms. The van der Waals surface area contributed by atoms with Crippen LogP contribution in [0, 0.1) is 6.92 Å². The molecule has 0 saturated heterocycles. The van der Waals surface area contributed by atoms with Gasteiger partial charge in [-0.1, -0.05) is 16.8 Å².